The first-order valence-electron chi connectivity index (χ1n) is 6.38. The molecule has 19 heavy (non-hydrogen) atoms. The first-order chi connectivity index (χ1) is 9.04. The molecule has 0 unspecified atom stereocenters. The summed E-state index contributed by atoms with van der Waals surface area (Å²) >= 11 is 3.36. The third-order valence-corrected chi connectivity index (χ3v) is 3.60. The van der Waals surface area contributed by atoms with E-state index in [2.05, 4.69) is 22.9 Å². The first-order valence-corrected chi connectivity index (χ1v) is 7.17. The summed E-state index contributed by atoms with van der Waals surface area (Å²) in [5.74, 6) is -0.570. The van der Waals surface area contributed by atoms with Crippen LogP contribution in [-0.2, 0) is 6.54 Å². The van der Waals surface area contributed by atoms with Gasteiger partial charge >= 0.3 is 11.4 Å². The molecule has 1 aromatic heterocycles. The first kappa shape index (κ1) is 14.1. The van der Waals surface area contributed by atoms with Crippen LogP contribution in [0.1, 0.15) is 31.7 Å². The molecular weight excluding hydrogens is 310 g/mol. The Balaban J connectivity index is 2.68. The molecule has 0 aliphatic heterocycles. The number of halogens is 1. The third kappa shape index (κ3) is 2.81. The Hall–Kier alpha value is -1.36. The van der Waals surface area contributed by atoms with Gasteiger partial charge in [0.15, 0.2) is 0 Å². The molecule has 1 heterocycles. The number of aromatic nitrogens is 1. The average molecular weight is 326 g/mol. The molecule has 0 saturated carbocycles. The van der Waals surface area contributed by atoms with Gasteiger partial charge in [0.1, 0.15) is 0 Å². The van der Waals surface area contributed by atoms with Crippen molar-refractivity contribution >= 4 is 26.8 Å². The van der Waals surface area contributed by atoms with Crippen LogP contribution in [0.4, 0.5) is 0 Å². The maximum Gasteiger partial charge on any atom is 0.422 e. The van der Waals surface area contributed by atoms with Crippen molar-refractivity contribution in [2.45, 2.75) is 39.7 Å². The fraction of sp³-hybridized carbons (Fsp3) is 0.429. The highest BCUT2D eigenvalue weighted by Gasteiger charge is 2.12. The van der Waals surface area contributed by atoms with Crippen molar-refractivity contribution in [2.24, 2.45) is 0 Å². The zero-order chi connectivity index (χ0) is 14.0. The summed E-state index contributed by atoms with van der Waals surface area (Å²) in [7, 11) is 0. The lowest BCUT2D eigenvalue weighted by Gasteiger charge is -2.10. The zero-order valence-corrected chi connectivity index (χ0v) is 12.6. The van der Waals surface area contributed by atoms with E-state index in [1.165, 1.54) is 0 Å². The molecule has 0 atom stereocenters. The van der Waals surface area contributed by atoms with Gasteiger partial charge in [0.25, 0.3) is 0 Å². The summed E-state index contributed by atoms with van der Waals surface area (Å²) in [5.41, 5.74) is 1.00. The quantitative estimate of drug-likeness (QED) is 0.811. The summed E-state index contributed by atoms with van der Waals surface area (Å²) in [6.45, 7) is 4.58. The lowest BCUT2D eigenvalue weighted by molar-refractivity contribution is 0.410. The number of benzene rings is 1. The van der Waals surface area contributed by atoms with E-state index in [0.29, 0.717) is 17.4 Å². The summed E-state index contributed by atoms with van der Waals surface area (Å²) in [6.07, 6.45) is 3.02. The Bertz CT molecular complexity index is 715. The monoisotopic (exact) mass is 325 g/mol. The molecule has 0 radical (unpaired) electrons. The van der Waals surface area contributed by atoms with E-state index in [4.69, 9.17) is 4.42 Å². The maximum absolute atomic E-state index is 11.9. The van der Waals surface area contributed by atoms with Crippen molar-refractivity contribution < 1.29 is 4.42 Å². The lowest BCUT2D eigenvalue weighted by Crippen LogP contribution is -2.25. The van der Waals surface area contributed by atoms with Gasteiger partial charge < -0.3 is 4.42 Å². The van der Waals surface area contributed by atoms with E-state index >= 15 is 0 Å². The molecule has 102 valence electrons. The van der Waals surface area contributed by atoms with Crippen LogP contribution in [-0.4, -0.2) is 4.57 Å². The number of rotatable bonds is 4. The van der Waals surface area contributed by atoms with Crippen LogP contribution < -0.4 is 11.4 Å². The molecule has 4 nitrogen and oxygen atoms in total. The summed E-state index contributed by atoms with van der Waals surface area (Å²) < 4.78 is 7.17. The van der Waals surface area contributed by atoms with Crippen LogP contribution in [0.5, 0.6) is 0 Å². The van der Waals surface area contributed by atoms with Crippen molar-refractivity contribution in [3.05, 3.63) is 43.1 Å². The lowest BCUT2D eigenvalue weighted by atomic mass is 10.1. The number of unbranched alkanes of at least 4 members (excludes halogenated alkanes) is 2. The van der Waals surface area contributed by atoms with E-state index < -0.39 is 11.4 Å². The molecule has 0 bridgehead atoms. The Labute approximate surface area is 119 Å². The molecule has 0 spiro atoms. The van der Waals surface area contributed by atoms with E-state index in [0.717, 1.165) is 29.3 Å². The van der Waals surface area contributed by atoms with E-state index in [-0.39, 0.29) is 0 Å². The second-order valence-corrected chi connectivity index (χ2v) is 5.55. The zero-order valence-electron chi connectivity index (χ0n) is 11.0. The van der Waals surface area contributed by atoms with E-state index in [9.17, 15) is 9.59 Å². The summed E-state index contributed by atoms with van der Waals surface area (Å²) in [5, 5.41) is 0.447. The van der Waals surface area contributed by atoms with Crippen LogP contribution in [0.15, 0.2) is 30.6 Å². The van der Waals surface area contributed by atoms with Gasteiger partial charge in [-0.15, -0.1) is 0 Å². The third-order valence-electron chi connectivity index (χ3n) is 3.14. The summed E-state index contributed by atoms with van der Waals surface area (Å²) in [4.78, 5) is 23.7. The van der Waals surface area contributed by atoms with Gasteiger partial charge in [-0.25, -0.2) is 9.59 Å². The van der Waals surface area contributed by atoms with Gasteiger partial charge in [0, 0.05) is 11.0 Å². The standard InChI is InChI=1S/C14H16BrNO3/c1-3-4-5-6-16-12-9(2)7-10(15)8-11(12)13(17)19-14(16)18/h7-8H,3-6H2,1-2H3. The van der Waals surface area contributed by atoms with E-state index in [1.807, 2.05) is 13.0 Å². The van der Waals surface area contributed by atoms with E-state index in [1.54, 1.807) is 10.6 Å². The molecule has 0 saturated heterocycles. The van der Waals surface area contributed by atoms with Crippen molar-refractivity contribution in [3.63, 3.8) is 0 Å². The minimum absolute atomic E-state index is 0.447. The van der Waals surface area contributed by atoms with Gasteiger partial charge in [0.2, 0.25) is 0 Å². The second kappa shape index (κ2) is 5.74. The Kier molecular flexibility index (Phi) is 4.24. The highest BCUT2D eigenvalue weighted by Crippen LogP contribution is 2.21. The molecule has 0 fully saturated rings. The summed E-state index contributed by atoms with van der Waals surface area (Å²) in [6, 6.07) is 3.60. The van der Waals surface area contributed by atoms with Gasteiger partial charge in [-0.3, -0.25) is 4.57 Å². The molecule has 0 aliphatic rings. The van der Waals surface area contributed by atoms with Gasteiger partial charge in [0.05, 0.1) is 10.9 Å². The Morgan fingerprint density at radius 2 is 2.00 bits per heavy atom. The fourth-order valence-corrected chi connectivity index (χ4v) is 2.83. The SMILES string of the molecule is CCCCCn1c(=O)oc(=O)c2cc(Br)cc(C)c21. The van der Waals surface area contributed by atoms with Crippen LogP contribution in [0.25, 0.3) is 10.9 Å². The number of fused-ring (bicyclic) bond motifs is 1. The number of hydrogen-bond acceptors (Lipinski definition) is 3. The maximum atomic E-state index is 11.9. The molecule has 5 heteroatoms. The fourth-order valence-electron chi connectivity index (χ4n) is 2.25. The van der Waals surface area contributed by atoms with Crippen LogP contribution >= 0.6 is 15.9 Å². The second-order valence-electron chi connectivity index (χ2n) is 4.63. The predicted molar refractivity (Wildman–Crippen MR) is 78.7 cm³/mol. The predicted octanol–water partition coefficient (Wildman–Crippen LogP) is 3.22. The van der Waals surface area contributed by atoms with Crippen LogP contribution in [0.3, 0.4) is 0 Å². The number of nitrogens with zero attached hydrogens (tertiary/aromatic N) is 1. The normalized spacial score (nSPS) is 11.1. The van der Waals surface area contributed by atoms with Gasteiger partial charge in [-0.2, -0.15) is 0 Å². The number of aryl methyl sites for hydroxylation is 2. The highest BCUT2D eigenvalue weighted by molar-refractivity contribution is 9.10. The van der Waals surface area contributed by atoms with Gasteiger partial charge in [-0.05, 0) is 31.0 Å². The van der Waals surface area contributed by atoms with Crippen LogP contribution in [0, 0.1) is 6.92 Å². The highest BCUT2D eigenvalue weighted by atomic mass is 79.9. The molecule has 2 rings (SSSR count). The average Bonchev–Trinajstić information content (AvgIpc) is 2.33. The van der Waals surface area contributed by atoms with Crippen molar-refractivity contribution in [1.82, 2.24) is 4.57 Å². The van der Waals surface area contributed by atoms with Crippen molar-refractivity contribution in [1.29, 1.82) is 0 Å². The molecular formula is C14H16BrNO3. The van der Waals surface area contributed by atoms with Gasteiger partial charge in [-0.1, -0.05) is 35.7 Å². The minimum Gasteiger partial charge on any atom is -0.372 e. The molecule has 2 aromatic rings. The number of hydrogen-bond donors (Lipinski definition) is 0. The molecule has 0 N–H and O–H groups in total. The molecule has 0 amide bonds. The minimum atomic E-state index is -0.573. The molecule has 1 aromatic carbocycles. The Morgan fingerprint density at radius 3 is 2.68 bits per heavy atom. The topological polar surface area (TPSA) is 52.2 Å². The largest absolute Gasteiger partial charge is 0.422 e. The Morgan fingerprint density at radius 1 is 1.26 bits per heavy atom. The van der Waals surface area contributed by atoms with Crippen LogP contribution in [0.2, 0.25) is 0 Å². The molecule has 0 aliphatic carbocycles. The van der Waals surface area contributed by atoms with Crippen molar-refractivity contribution in [3.8, 4) is 0 Å². The smallest absolute Gasteiger partial charge is 0.372 e. The van der Waals surface area contributed by atoms with Crippen molar-refractivity contribution in [2.75, 3.05) is 0 Å².